The number of aromatic nitrogens is 2. The maximum atomic E-state index is 13.4. The van der Waals surface area contributed by atoms with Crippen molar-refractivity contribution in [3.63, 3.8) is 0 Å². The normalized spacial score (nSPS) is 16.7. The van der Waals surface area contributed by atoms with Crippen molar-refractivity contribution in [3.05, 3.63) is 109 Å². The van der Waals surface area contributed by atoms with Crippen LogP contribution in [-0.2, 0) is 15.3 Å². The van der Waals surface area contributed by atoms with Crippen molar-refractivity contribution >= 4 is 80.5 Å². The summed E-state index contributed by atoms with van der Waals surface area (Å²) in [5, 5.41) is 21.7. The van der Waals surface area contributed by atoms with Gasteiger partial charge in [0.1, 0.15) is 5.76 Å². The summed E-state index contributed by atoms with van der Waals surface area (Å²) in [4.78, 5) is 28.1. The number of ketones is 1. The van der Waals surface area contributed by atoms with Crippen LogP contribution in [0.5, 0.6) is 0 Å². The van der Waals surface area contributed by atoms with Gasteiger partial charge in [-0.05, 0) is 60.9 Å². The Morgan fingerprint density at radius 2 is 1.69 bits per heavy atom. The molecule has 1 N–H and O–H groups in total. The Labute approximate surface area is 248 Å². The fraction of sp³-hybridized carbons (Fsp3) is 0.143. The number of nitrogens with zero attached hydrogens (tertiary/aromatic N) is 3. The zero-order chi connectivity index (χ0) is 27.8. The van der Waals surface area contributed by atoms with E-state index in [1.807, 2.05) is 32.0 Å². The second kappa shape index (κ2) is 11.3. The maximum absolute atomic E-state index is 13.4. The number of aliphatic hydroxyl groups excluding tert-OH is 1. The Kier molecular flexibility index (Phi) is 8.03. The lowest BCUT2D eigenvalue weighted by molar-refractivity contribution is -0.132. The van der Waals surface area contributed by atoms with Crippen LogP contribution in [0.2, 0.25) is 15.1 Å². The number of Topliss-reactive ketones (excluding diaryl/α,β-unsaturated/α-hetero) is 1. The molecule has 5 rings (SSSR count). The molecule has 0 bridgehead atoms. The first-order valence-corrected chi connectivity index (χ1v) is 14.6. The van der Waals surface area contributed by atoms with Crippen molar-refractivity contribution in [2.45, 2.75) is 30.0 Å². The van der Waals surface area contributed by atoms with Gasteiger partial charge in [-0.3, -0.25) is 14.5 Å². The van der Waals surface area contributed by atoms with E-state index in [-0.39, 0.29) is 16.5 Å². The Morgan fingerprint density at radius 1 is 0.974 bits per heavy atom. The van der Waals surface area contributed by atoms with Crippen LogP contribution in [0, 0.1) is 13.8 Å². The average molecular weight is 617 g/mol. The van der Waals surface area contributed by atoms with E-state index in [2.05, 4.69) is 10.2 Å². The van der Waals surface area contributed by atoms with E-state index in [1.54, 1.807) is 42.5 Å². The van der Waals surface area contributed by atoms with Gasteiger partial charge in [0.05, 0.1) is 11.6 Å². The number of benzene rings is 3. The number of hydrogen-bond donors (Lipinski definition) is 1. The van der Waals surface area contributed by atoms with Gasteiger partial charge in [0.15, 0.2) is 4.34 Å². The molecule has 1 unspecified atom stereocenters. The second-order valence-corrected chi connectivity index (χ2v) is 12.4. The number of carbonyl (C=O) groups is 2. The fourth-order valence-electron chi connectivity index (χ4n) is 4.26. The molecule has 0 saturated carbocycles. The molecular formula is C28H20Cl3N3O3S2. The molecule has 6 nitrogen and oxygen atoms in total. The fourth-order valence-corrected chi connectivity index (χ4v) is 6.81. The smallest absolute Gasteiger partial charge is 0.301 e. The highest BCUT2D eigenvalue weighted by Crippen LogP contribution is 2.44. The lowest BCUT2D eigenvalue weighted by atomic mass is 9.93. The van der Waals surface area contributed by atoms with Crippen LogP contribution < -0.4 is 4.90 Å². The van der Waals surface area contributed by atoms with E-state index in [4.69, 9.17) is 34.8 Å². The minimum Gasteiger partial charge on any atom is -0.507 e. The van der Waals surface area contributed by atoms with Crippen LogP contribution in [0.1, 0.15) is 33.9 Å². The highest BCUT2D eigenvalue weighted by molar-refractivity contribution is 8.00. The number of carbonyl (C=O) groups excluding carboxylic acids is 2. The van der Waals surface area contributed by atoms with E-state index in [1.165, 1.54) is 28.0 Å². The van der Waals surface area contributed by atoms with Gasteiger partial charge in [0.25, 0.3) is 5.78 Å². The van der Waals surface area contributed by atoms with Crippen LogP contribution in [-0.4, -0.2) is 27.0 Å². The standard InChI is InChI=1S/C28H20Cl3N3O3S2/c1-14-3-4-15(2)20(11-14)24(35)22-23(16-5-8-18(29)9-6-16)34(26(37)25(22)36)27-32-33-28(39-27)38-13-17-7-10-19(30)12-21(17)31/h3-12,23,35H,13H2,1-2H3/b24-22+. The van der Waals surface area contributed by atoms with Gasteiger partial charge in [-0.1, -0.05) is 93.8 Å². The van der Waals surface area contributed by atoms with Crippen molar-refractivity contribution in [1.82, 2.24) is 10.2 Å². The van der Waals surface area contributed by atoms with E-state index in [0.717, 1.165) is 16.7 Å². The minimum atomic E-state index is -0.918. The average Bonchev–Trinajstić information content (AvgIpc) is 3.47. The van der Waals surface area contributed by atoms with Crippen molar-refractivity contribution in [3.8, 4) is 0 Å². The first kappa shape index (κ1) is 27.7. The van der Waals surface area contributed by atoms with Crippen molar-refractivity contribution < 1.29 is 14.7 Å². The zero-order valence-electron chi connectivity index (χ0n) is 20.6. The molecule has 1 fully saturated rings. The molecule has 3 aromatic carbocycles. The van der Waals surface area contributed by atoms with E-state index in [9.17, 15) is 14.7 Å². The second-order valence-electron chi connectivity index (χ2n) is 8.91. The Hall–Kier alpha value is -2.88. The first-order chi connectivity index (χ1) is 18.6. The molecule has 1 saturated heterocycles. The summed E-state index contributed by atoms with van der Waals surface area (Å²) in [5.74, 6) is -1.33. The molecule has 2 heterocycles. The molecule has 1 aromatic heterocycles. The molecule has 0 spiro atoms. The zero-order valence-corrected chi connectivity index (χ0v) is 24.5. The summed E-state index contributed by atoms with van der Waals surface area (Å²) in [6, 6.07) is 16.7. The number of halogens is 3. The summed E-state index contributed by atoms with van der Waals surface area (Å²) in [6.45, 7) is 3.73. The van der Waals surface area contributed by atoms with Gasteiger partial charge in [0.2, 0.25) is 5.13 Å². The molecule has 198 valence electrons. The SMILES string of the molecule is Cc1ccc(C)c(/C(O)=C2\C(=O)C(=O)N(c3nnc(SCc4ccc(Cl)cc4Cl)s3)C2c2ccc(Cl)cc2)c1. The summed E-state index contributed by atoms with van der Waals surface area (Å²) in [5.41, 5.74) is 3.62. The molecule has 0 radical (unpaired) electrons. The molecule has 1 aliphatic heterocycles. The number of aryl methyl sites for hydroxylation is 2. The van der Waals surface area contributed by atoms with Crippen molar-refractivity contribution in [1.29, 1.82) is 0 Å². The third kappa shape index (κ3) is 5.58. The van der Waals surface area contributed by atoms with Gasteiger partial charge in [-0.15, -0.1) is 10.2 Å². The van der Waals surface area contributed by atoms with Gasteiger partial charge in [-0.25, -0.2) is 0 Å². The number of hydrogen-bond acceptors (Lipinski definition) is 7. The lowest BCUT2D eigenvalue weighted by Gasteiger charge is -2.22. The molecule has 1 aliphatic rings. The van der Waals surface area contributed by atoms with Crippen LogP contribution >= 0.6 is 57.9 Å². The molecule has 39 heavy (non-hydrogen) atoms. The third-order valence-electron chi connectivity index (χ3n) is 6.25. The summed E-state index contributed by atoms with van der Waals surface area (Å²) in [7, 11) is 0. The molecule has 4 aromatic rings. The predicted molar refractivity (Wildman–Crippen MR) is 158 cm³/mol. The van der Waals surface area contributed by atoms with Gasteiger partial charge in [0, 0.05) is 26.4 Å². The quantitative estimate of drug-likeness (QED) is 0.0776. The van der Waals surface area contributed by atoms with Gasteiger partial charge in [-0.2, -0.15) is 0 Å². The number of anilines is 1. The van der Waals surface area contributed by atoms with Crippen LogP contribution in [0.4, 0.5) is 5.13 Å². The Morgan fingerprint density at radius 3 is 2.41 bits per heavy atom. The minimum absolute atomic E-state index is 0.0200. The highest BCUT2D eigenvalue weighted by atomic mass is 35.5. The molecule has 11 heteroatoms. The Bertz CT molecular complexity index is 1640. The summed E-state index contributed by atoms with van der Waals surface area (Å²) in [6.07, 6.45) is 0. The highest BCUT2D eigenvalue weighted by Gasteiger charge is 2.48. The maximum Gasteiger partial charge on any atom is 0.301 e. The Balaban J connectivity index is 1.55. The topological polar surface area (TPSA) is 83.4 Å². The van der Waals surface area contributed by atoms with E-state index < -0.39 is 17.7 Å². The number of rotatable bonds is 6. The molecule has 1 amide bonds. The van der Waals surface area contributed by atoms with Crippen LogP contribution in [0.15, 0.2) is 70.6 Å². The molecule has 1 atom stereocenters. The molecular weight excluding hydrogens is 597 g/mol. The number of thioether (sulfide) groups is 1. The lowest BCUT2D eigenvalue weighted by Crippen LogP contribution is -2.29. The van der Waals surface area contributed by atoms with Crippen molar-refractivity contribution in [2.24, 2.45) is 0 Å². The first-order valence-electron chi connectivity index (χ1n) is 11.7. The third-order valence-corrected chi connectivity index (χ3v) is 9.19. The number of aliphatic hydroxyl groups is 1. The van der Waals surface area contributed by atoms with E-state index >= 15 is 0 Å². The van der Waals surface area contributed by atoms with Gasteiger partial charge < -0.3 is 5.11 Å². The summed E-state index contributed by atoms with van der Waals surface area (Å²) < 4.78 is 0.585. The largest absolute Gasteiger partial charge is 0.507 e. The van der Waals surface area contributed by atoms with Crippen LogP contribution in [0.3, 0.4) is 0 Å². The monoisotopic (exact) mass is 615 g/mol. The van der Waals surface area contributed by atoms with Crippen molar-refractivity contribution in [2.75, 3.05) is 4.90 Å². The van der Waals surface area contributed by atoms with Gasteiger partial charge >= 0.3 is 5.91 Å². The van der Waals surface area contributed by atoms with Crippen LogP contribution in [0.25, 0.3) is 5.76 Å². The molecule has 0 aliphatic carbocycles. The predicted octanol–water partition coefficient (Wildman–Crippen LogP) is 8.03. The summed E-state index contributed by atoms with van der Waals surface area (Å²) >= 11 is 21.0. The number of amides is 1. The van der Waals surface area contributed by atoms with E-state index in [0.29, 0.717) is 36.3 Å².